The molecule has 0 fully saturated rings. The molecule has 1 N–H and O–H groups in total. The summed E-state index contributed by atoms with van der Waals surface area (Å²) in [6.07, 6.45) is -2.98. The molecular formula is C16H16F3N3O3. The van der Waals surface area contributed by atoms with Crippen molar-refractivity contribution in [3.05, 3.63) is 52.8 Å². The first-order chi connectivity index (χ1) is 11.6. The van der Waals surface area contributed by atoms with E-state index in [0.717, 1.165) is 17.0 Å². The quantitative estimate of drug-likeness (QED) is 0.894. The summed E-state index contributed by atoms with van der Waals surface area (Å²) in [6, 6.07) is 4.24. The normalized spacial score (nSPS) is 11.4. The Kier molecular flexibility index (Phi) is 5.15. The van der Waals surface area contributed by atoms with Gasteiger partial charge in [-0.05, 0) is 24.6 Å². The van der Waals surface area contributed by atoms with Crippen molar-refractivity contribution in [2.45, 2.75) is 19.6 Å². The van der Waals surface area contributed by atoms with E-state index in [9.17, 15) is 22.8 Å². The van der Waals surface area contributed by atoms with Crippen LogP contribution in [0, 0.1) is 6.92 Å². The first-order valence-corrected chi connectivity index (χ1v) is 7.25. The Morgan fingerprint density at radius 2 is 1.84 bits per heavy atom. The van der Waals surface area contributed by atoms with Crippen molar-refractivity contribution >= 4 is 11.9 Å². The molecule has 134 valence electrons. The number of amides is 1. The van der Waals surface area contributed by atoms with E-state index < -0.39 is 30.2 Å². The van der Waals surface area contributed by atoms with Gasteiger partial charge in [-0.2, -0.15) is 18.3 Å². The van der Waals surface area contributed by atoms with E-state index in [1.807, 2.05) is 0 Å². The summed E-state index contributed by atoms with van der Waals surface area (Å²) in [5, 5.41) is 13.1. The number of benzene rings is 1. The van der Waals surface area contributed by atoms with Gasteiger partial charge in [0.05, 0.1) is 16.8 Å². The zero-order chi connectivity index (χ0) is 18.8. The zero-order valence-corrected chi connectivity index (χ0v) is 13.5. The number of alkyl halides is 3. The summed E-state index contributed by atoms with van der Waals surface area (Å²) >= 11 is 0. The van der Waals surface area contributed by atoms with E-state index in [1.54, 1.807) is 14.0 Å². The number of hydrogen-bond acceptors (Lipinski definition) is 3. The second-order valence-electron chi connectivity index (χ2n) is 5.55. The summed E-state index contributed by atoms with van der Waals surface area (Å²) < 4.78 is 39.2. The van der Waals surface area contributed by atoms with E-state index in [0.29, 0.717) is 11.3 Å². The monoisotopic (exact) mass is 355 g/mol. The highest BCUT2D eigenvalue weighted by Gasteiger charge is 2.30. The molecule has 1 aromatic heterocycles. The Hall–Kier alpha value is -2.84. The highest BCUT2D eigenvalue weighted by Crippen LogP contribution is 2.29. The third-order valence-electron chi connectivity index (χ3n) is 3.51. The lowest BCUT2D eigenvalue weighted by molar-refractivity contribution is -0.138. The molecule has 0 aliphatic heterocycles. The number of carbonyl (C=O) groups is 2. The maximum absolute atomic E-state index is 12.6. The fourth-order valence-corrected chi connectivity index (χ4v) is 2.36. The number of halogens is 3. The summed E-state index contributed by atoms with van der Waals surface area (Å²) in [5.41, 5.74) is 0.269. The minimum atomic E-state index is -4.46. The molecular weight excluding hydrogens is 339 g/mol. The number of rotatable bonds is 5. The Balaban J connectivity index is 2.24. The highest BCUT2D eigenvalue weighted by molar-refractivity contribution is 5.96. The molecule has 0 aliphatic carbocycles. The lowest BCUT2D eigenvalue weighted by Gasteiger charge is -2.21. The standard InChI is InChI=1S/C16H16F3N3O3/c1-10-13(8-21(2)20-10)15(25)22(9-14(23)24)7-11-3-5-12(6-4-11)16(17,18)19/h3-6,8H,7,9H2,1-2H3,(H,23,24). The van der Waals surface area contributed by atoms with Crippen LogP contribution in [0.25, 0.3) is 0 Å². The molecule has 25 heavy (non-hydrogen) atoms. The summed E-state index contributed by atoms with van der Waals surface area (Å²) in [4.78, 5) is 24.7. The van der Waals surface area contributed by atoms with E-state index in [2.05, 4.69) is 5.10 Å². The molecule has 2 rings (SSSR count). The van der Waals surface area contributed by atoms with Crippen LogP contribution in [-0.2, 0) is 24.6 Å². The Labute approximate surface area is 141 Å². The second-order valence-corrected chi connectivity index (χ2v) is 5.55. The maximum Gasteiger partial charge on any atom is 0.416 e. The van der Waals surface area contributed by atoms with Crippen LogP contribution in [-0.4, -0.2) is 38.2 Å². The van der Waals surface area contributed by atoms with Gasteiger partial charge in [0.2, 0.25) is 0 Å². The van der Waals surface area contributed by atoms with Gasteiger partial charge >= 0.3 is 12.1 Å². The molecule has 0 saturated carbocycles. The van der Waals surface area contributed by atoms with Gasteiger partial charge in [0.15, 0.2) is 0 Å². The molecule has 0 radical (unpaired) electrons. The molecule has 1 heterocycles. The Morgan fingerprint density at radius 3 is 2.28 bits per heavy atom. The minimum absolute atomic E-state index is 0.127. The largest absolute Gasteiger partial charge is 0.480 e. The Bertz CT molecular complexity index is 782. The SMILES string of the molecule is Cc1nn(C)cc1C(=O)N(CC(=O)O)Cc1ccc(C(F)(F)F)cc1. The zero-order valence-electron chi connectivity index (χ0n) is 13.5. The second kappa shape index (κ2) is 6.96. The number of carbonyl (C=O) groups excluding carboxylic acids is 1. The minimum Gasteiger partial charge on any atom is -0.480 e. The first kappa shape index (κ1) is 18.5. The van der Waals surface area contributed by atoms with Gasteiger partial charge in [-0.25, -0.2) is 0 Å². The van der Waals surface area contributed by atoms with Crippen molar-refractivity contribution < 1.29 is 27.9 Å². The third kappa shape index (κ3) is 4.59. The molecule has 0 unspecified atom stereocenters. The van der Waals surface area contributed by atoms with E-state index in [1.165, 1.54) is 23.0 Å². The number of carboxylic acid groups (broad SMARTS) is 1. The van der Waals surface area contributed by atoms with Crippen LogP contribution in [0.15, 0.2) is 30.5 Å². The number of carboxylic acids is 1. The topological polar surface area (TPSA) is 75.4 Å². The van der Waals surface area contributed by atoms with Crippen LogP contribution in [0.4, 0.5) is 13.2 Å². The lowest BCUT2D eigenvalue weighted by atomic mass is 10.1. The molecule has 0 aliphatic rings. The molecule has 0 saturated heterocycles. The van der Waals surface area contributed by atoms with Crippen molar-refractivity contribution in [2.24, 2.45) is 7.05 Å². The van der Waals surface area contributed by atoms with Gasteiger partial charge in [0.1, 0.15) is 6.54 Å². The predicted octanol–water partition coefficient (Wildman–Crippen LogP) is 2.47. The molecule has 1 amide bonds. The van der Waals surface area contributed by atoms with Crippen LogP contribution in [0.5, 0.6) is 0 Å². The molecule has 9 heteroatoms. The number of hydrogen-bond donors (Lipinski definition) is 1. The third-order valence-corrected chi connectivity index (χ3v) is 3.51. The highest BCUT2D eigenvalue weighted by atomic mass is 19.4. The molecule has 0 bridgehead atoms. The Morgan fingerprint density at radius 1 is 1.24 bits per heavy atom. The van der Waals surface area contributed by atoms with Gasteiger partial charge < -0.3 is 10.0 Å². The number of aromatic nitrogens is 2. The smallest absolute Gasteiger partial charge is 0.416 e. The molecule has 6 nitrogen and oxygen atoms in total. The first-order valence-electron chi connectivity index (χ1n) is 7.25. The number of aryl methyl sites for hydroxylation is 2. The van der Waals surface area contributed by atoms with E-state index >= 15 is 0 Å². The molecule has 0 atom stereocenters. The van der Waals surface area contributed by atoms with Gasteiger partial charge in [-0.15, -0.1) is 0 Å². The van der Waals surface area contributed by atoms with E-state index in [4.69, 9.17) is 5.11 Å². The summed E-state index contributed by atoms with van der Waals surface area (Å²) in [7, 11) is 1.63. The van der Waals surface area contributed by atoms with Crippen LogP contribution < -0.4 is 0 Å². The fraction of sp³-hybridized carbons (Fsp3) is 0.312. The molecule has 1 aromatic carbocycles. The van der Waals surface area contributed by atoms with Crippen molar-refractivity contribution in [1.82, 2.24) is 14.7 Å². The number of nitrogens with zero attached hydrogens (tertiary/aromatic N) is 3. The van der Waals surface area contributed by atoms with Gasteiger partial charge in [0, 0.05) is 19.8 Å². The fourth-order valence-electron chi connectivity index (χ4n) is 2.36. The summed E-state index contributed by atoms with van der Waals surface area (Å²) in [6.45, 7) is 0.913. The summed E-state index contributed by atoms with van der Waals surface area (Å²) in [5.74, 6) is -1.77. The van der Waals surface area contributed by atoms with Crippen molar-refractivity contribution in [3.63, 3.8) is 0 Å². The predicted molar refractivity (Wildman–Crippen MR) is 81.8 cm³/mol. The van der Waals surface area contributed by atoms with E-state index in [-0.39, 0.29) is 12.1 Å². The van der Waals surface area contributed by atoms with Crippen molar-refractivity contribution in [2.75, 3.05) is 6.54 Å². The van der Waals surface area contributed by atoms with Gasteiger partial charge in [0.25, 0.3) is 5.91 Å². The van der Waals surface area contributed by atoms with Crippen molar-refractivity contribution in [1.29, 1.82) is 0 Å². The van der Waals surface area contributed by atoms with Crippen LogP contribution in [0.3, 0.4) is 0 Å². The van der Waals surface area contributed by atoms with Gasteiger partial charge in [-0.1, -0.05) is 12.1 Å². The average Bonchev–Trinajstić information content (AvgIpc) is 2.83. The van der Waals surface area contributed by atoms with Crippen LogP contribution in [0.2, 0.25) is 0 Å². The molecule has 2 aromatic rings. The molecule has 0 spiro atoms. The van der Waals surface area contributed by atoms with Gasteiger partial charge in [-0.3, -0.25) is 14.3 Å². The average molecular weight is 355 g/mol. The maximum atomic E-state index is 12.6. The lowest BCUT2D eigenvalue weighted by Crippen LogP contribution is -2.35. The van der Waals surface area contributed by atoms with Crippen LogP contribution in [0.1, 0.15) is 27.2 Å². The van der Waals surface area contributed by atoms with Crippen LogP contribution >= 0.6 is 0 Å². The van der Waals surface area contributed by atoms with Crippen molar-refractivity contribution in [3.8, 4) is 0 Å². The number of aliphatic carboxylic acids is 1.